The van der Waals surface area contributed by atoms with Gasteiger partial charge in [0.25, 0.3) is 6.71 Å². The first kappa shape index (κ1) is 48.9. The van der Waals surface area contributed by atoms with Gasteiger partial charge in [0.15, 0.2) is 5.58 Å². The Morgan fingerprint density at radius 2 is 0.915 bits per heavy atom. The van der Waals surface area contributed by atoms with Gasteiger partial charge >= 0.3 is 0 Å². The Balaban J connectivity index is 0.970. The fourth-order valence-electron chi connectivity index (χ4n) is 18.3. The summed E-state index contributed by atoms with van der Waals surface area (Å²) < 4.78 is 9.73. The molecular formula is C75H69BN4OS. The van der Waals surface area contributed by atoms with Crippen LogP contribution in [0.2, 0.25) is 0 Å². The molecule has 5 nitrogen and oxygen atoms in total. The number of anilines is 10. The van der Waals surface area contributed by atoms with E-state index in [1.165, 1.54) is 160 Å². The summed E-state index contributed by atoms with van der Waals surface area (Å²) in [5.74, 6) is 0. The number of rotatable bonds is 4. The second-order valence-electron chi connectivity index (χ2n) is 26.6. The minimum Gasteiger partial charge on any atom is -0.454 e. The van der Waals surface area contributed by atoms with Crippen molar-refractivity contribution in [2.45, 2.75) is 136 Å². The van der Waals surface area contributed by atoms with Crippen LogP contribution in [0.15, 0.2) is 162 Å². The number of furan rings is 1. The van der Waals surface area contributed by atoms with Gasteiger partial charge < -0.3 is 24.0 Å². The summed E-state index contributed by atoms with van der Waals surface area (Å²) in [7, 11) is 0. The smallest absolute Gasteiger partial charge is 0.252 e. The van der Waals surface area contributed by atoms with Gasteiger partial charge in [-0.2, -0.15) is 0 Å². The van der Waals surface area contributed by atoms with E-state index in [0.717, 1.165) is 40.5 Å². The van der Waals surface area contributed by atoms with E-state index in [1.807, 2.05) is 11.3 Å². The van der Waals surface area contributed by atoms with Crippen molar-refractivity contribution in [3.05, 3.63) is 197 Å². The largest absolute Gasteiger partial charge is 0.454 e. The van der Waals surface area contributed by atoms with E-state index in [2.05, 4.69) is 240 Å². The molecule has 7 heteroatoms. The second kappa shape index (κ2) is 16.7. The van der Waals surface area contributed by atoms with Crippen LogP contribution in [-0.4, -0.2) is 17.8 Å². The molecular weight excluding hydrogens is 1020 g/mol. The molecule has 0 N–H and O–H groups in total. The third-order valence-electron chi connectivity index (χ3n) is 22.0. The average Bonchev–Trinajstić information content (AvgIpc) is 2.31. The average molecular weight is 1090 g/mol. The van der Waals surface area contributed by atoms with Gasteiger partial charge in [-0.1, -0.05) is 118 Å². The number of para-hydroxylation sites is 2. The van der Waals surface area contributed by atoms with Gasteiger partial charge in [0.1, 0.15) is 5.58 Å². The molecule has 2 aromatic heterocycles. The summed E-state index contributed by atoms with van der Waals surface area (Å²) in [5, 5.41) is 4.88. The lowest BCUT2D eigenvalue weighted by Gasteiger charge is -2.51. The van der Waals surface area contributed by atoms with Crippen molar-refractivity contribution in [2.75, 3.05) is 19.6 Å². The first-order valence-electron chi connectivity index (χ1n) is 30.4. The molecule has 17 rings (SSSR count). The molecule has 11 aromatic rings. The summed E-state index contributed by atoms with van der Waals surface area (Å²) >= 11 is 1.90. The van der Waals surface area contributed by atoms with Crippen molar-refractivity contribution in [1.82, 2.24) is 0 Å². The van der Waals surface area contributed by atoms with Gasteiger partial charge in [-0.3, -0.25) is 0 Å². The third-order valence-corrected chi connectivity index (χ3v) is 23.1. The van der Waals surface area contributed by atoms with Crippen molar-refractivity contribution in [1.29, 1.82) is 0 Å². The summed E-state index contributed by atoms with van der Waals surface area (Å²) in [4.78, 5) is 10.9. The minimum absolute atomic E-state index is 0.00588. The highest BCUT2D eigenvalue weighted by Gasteiger charge is 2.60. The van der Waals surface area contributed by atoms with Crippen molar-refractivity contribution >= 4 is 133 Å². The Bertz CT molecular complexity index is 4630. The molecule has 9 aromatic carbocycles. The number of aryl methyl sites for hydroxylation is 5. The summed E-state index contributed by atoms with van der Waals surface area (Å²) in [6, 6.07) is 61.6. The number of hydrogen-bond acceptors (Lipinski definition) is 6. The Labute approximate surface area is 486 Å². The molecule has 6 heterocycles. The minimum atomic E-state index is -0.113. The maximum absolute atomic E-state index is 7.11. The third kappa shape index (κ3) is 6.15. The molecule has 2 aliphatic carbocycles. The monoisotopic (exact) mass is 1080 g/mol. The predicted octanol–water partition coefficient (Wildman–Crippen LogP) is 19.1. The zero-order valence-corrected chi connectivity index (χ0v) is 49.7. The highest BCUT2D eigenvalue weighted by molar-refractivity contribution is 7.26. The van der Waals surface area contributed by atoms with E-state index in [0.29, 0.717) is 0 Å². The van der Waals surface area contributed by atoms with Crippen LogP contribution < -0.4 is 36.0 Å². The number of nitrogens with zero attached hydrogens (tertiary/aromatic N) is 4. The lowest BCUT2D eigenvalue weighted by atomic mass is 9.33. The molecule has 4 unspecified atom stereocenters. The molecule has 82 heavy (non-hydrogen) atoms. The van der Waals surface area contributed by atoms with E-state index in [-0.39, 0.29) is 28.6 Å². The van der Waals surface area contributed by atoms with Gasteiger partial charge in [0.2, 0.25) is 0 Å². The van der Waals surface area contributed by atoms with Crippen LogP contribution in [0, 0.1) is 34.6 Å². The lowest BCUT2D eigenvalue weighted by molar-refractivity contribution is 0.194. The van der Waals surface area contributed by atoms with Crippen LogP contribution in [0.4, 0.5) is 56.9 Å². The maximum atomic E-state index is 7.11. The molecule has 0 spiro atoms. The van der Waals surface area contributed by atoms with E-state index in [1.54, 1.807) is 5.56 Å². The van der Waals surface area contributed by atoms with Crippen molar-refractivity contribution in [3.63, 3.8) is 0 Å². The summed E-state index contributed by atoms with van der Waals surface area (Å²) in [5.41, 5.74) is 27.8. The number of thiophene rings is 1. The molecule has 0 radical (unpaired) electrons. The van der Waals surface area contributed by atoms with Gasteiger partial charge in [-0.15, -0.1) is 11.3 Å². The number of fused-ring (bicyclic) bond motifs is 16. The van der Waals surface area contributed by atoms with Gasteiger partial charge in [-0.25, -0.2) is 0 Å². The quantitative estimate of drug-likeness (QED) is 0.164. The van der Waals surface area contributed by atoms with Crippen LogP contribution in [-0.2, 0) is 10.8 Å². The normalized spacial score (nSPS) is 23.1. The van der Waals surface area contributed by atoms with E-state index < -0.39 is 0 Å². The highest BCUT2D eigenvalue weighted by Crippen LogP contribution is 2.64. The van der Waals surface area contributed by atoms with Crippen LogP contribution in [0.5, 0.6) is 0 Å². The van der Waals surface area contributed by atoms with Gasteiger partial charge in [-0.05, 0) is 208 Å². The second-order valence-corrected chi connectivity index (χ2v) is 27.6. The summed E-state index contributed by atoms with van der Waals surface area (Å²) in [6.07, 6.45) is 9.63. The molecule has 0 bridgehead atoms. The molecule has 6 aliphatic rings. The Hall–Kier alpha value is -7.74. The predicted molar refractivity (Wildman–Crippen MR) is 350 cm³/mol. The SMILES string of the molecule is Cc1cc2c3c(c1)N(c1cccc4sc5ccccc5c14)c1cc(N4c5cc(C)cc(C)c5C5(C)CCCCC45C)ccc1B3c1ccc(N3c4cc(C)cc(C)c4C4(C)CCCCC34C)cc1N2c1cccc2c1oc1ccccc12. The molecule has 4 aliphatic heterocycles. The fourth-order valence-corrected chi connectivity index (χ4v) is 19.4. The van der Waals surface area contributed by atoms with E-state index in [9.17, 15) is 0 Å². The van der Waals surface area contributed by atoms with E-state index in [4.69, 9.17) is 4.42 Å². The van der Waals surface area contributed by atoms with Crippen LogP contribution in [0.1, 0.15) is 118 Å². The maximum Gasteiger partial charge on any atom is 0.252 e. The number of benzene rings is 9. The lowest BCUT2D eigenvalue weighted by Crippen LogP contribution is -2.61. The topological polar surface area (TPSA) is 26.1 Å². The van der Waals surface area contributed by atoms with Crippen molar-refractivity contribution in [3.8, 4) is 0 Å². The molecule has 2 saturated carbocycles. The molecule has 0 saturated heterocycles. The zero-order valence-electron chi connectivity index (χ0n) is 48.9. The molecule has 4 atom stereocenters. The first-order valence-corrected chi connectivity index (χ1v) is 31.2. The summed E-state index contributed by atoms with van der Waals surface area (Å²) in [6.45, 7) is 21.9. The number of hydrogen-bond donors (Lipinski definition) is 0. The highest BCUT2D eigenvalue weighted by atomic mass is 32.1. The van der Waals surface area contributed by atoms with Crippen LogP contribution in [0.25, 0.3) is 42.1 Å². The Kier molecular flexibility index (Phi) is 9.98. The first-order chi connectivity index (χ1) is 39.7. The van der Waals surface area contributed by atoms with E-state index >= 15 is 0 Å². The van der Waals surface area contributed by atoms with Gasteiger partial charge in [0.05, 0.1) is 22.5 Å². The standard InChI is InChI=1S/C75H69BN4OS/c1-44-36-47(4)68-60(38-44)79(74(8)34-16-14-32-72(68,74)6)49-28-30-54-58(42-49)77(56-23-19-27-66-67(56)53-21-11-13-26-65(53)82-66)62-40-46(3)41-63-70(62)76(54)55-31-29-50(80-61-39-45(2)37-48(5)69(61)73(7)33-15-17-35-75(73,80)9)43-59(55)78(63)57-24-18-22-52-51-20-10-12-25-64(51)81-71(52)57/h10-13,18-31,36-43H,14-17,32-35H2,1-9H3. The zero-order chi connectivity index (χ0) is 55.5. The fraction of sp³-hybridized carbons (Fsp3) is 0.280. The molecule has 2 fully saturated rings. The Morgan fingerprint density at radius 1 is 0.427 bits per heavy atom. The van der Waals surface area contributed by atoms with Crippen LogP contribution in [0.3, 0.4) is 0 Å². The van der Waals surface area contributed by atoms with Crippen molar-refractivity contribution < 1.29 is 4.42 Å². The molecule has 404 valence electrons. The van der Waals surface area contributed by atoms with Gasteiger partial charge in [0, 0.05) is 87.3 Å². The van der Waals surface area contributed by atoms with Crippen LogP contribution >= 0.6 is 11.3 Å². The Morgan fingerprint density at radius 3 is 1.54 bits per heavy atom. The molecule has 0 amide bonds. The van der Waals surface area contributed by atoms with Crippen molar-refractivity contribution in [2.24, 2.45) is 0 Å².